The molecule has 0 amide bonds. The van der Waals surface area contributed by atoms with Crippen LogP contribution in [0.4, 0.5) is 11.4 Å². The van der Waals surface area contributed by atoms with Crippen LogP contribution < -0.4 is 4.90 Å². The van der Waals surface area contributed by atoms with Crippen molar-refractivity contribution in [3.63, 3.8) is 0 Å². The maximum atomic E-state index is 2.49. The third kappa shape index (κ3) is 7.45. The largest absolute Gasteiger partial charge is 0.311 e. The van der Waals surface area contributed by atoms with E-state index in [0.29, 0.717) is 5.92 Å². The topological polar surface area (TPSA) is 8.17 Å². The van der Waals surface area contributed by atoms with Crippen molar-refractivity contribution in [2.24, 2.45) is 11.8 Å². The second kappa shape index (κ2) is 16.9. The van der Waals surface area contributed by atoms with Gasteiger partial charge in [-0.2, -0.15) is 0 Å². The Morgan fingerprint density at radius 3 is 1.61 bits per heavy atom. The molecular formula is C60H52N2. The van der Waals surface area contributed by atoms with Gasteiger partial charge in [-0.1, -0.05) is 176 Å². The molecule has 2 heteroatoms. The van der Waals surface area contributed by atoms with Crippen molar-refractivity contribution in [2.75, 3.05) is 4.90 Å². The highest BCUT2D eigenvalue weighted by Gasteiger charge is 2.24. The van der Waals surface area contributed by atoms with E-state index in [1.165, 1.54) is 112 Å². The summed E-state index contributed by atoms with van der Waals surface area (Å²) < 4.78 is 2.38. The van der Waals surface area contributed by atoms with Crippen LogP contribution in [-0.2, 0) is 0 Å². The molecule has 3 aliphatic carbocycles. The van der Waals surface area contributed by atoms with Crippen molar-refractivity contribution in [3.05, 3.63) is 223 Å². The summed E-state index contributed by atoms with van der Waals surface area (Å²) in [6, 6.07) is 64.2. The van der Waals surface area contributed by atoms with E-state index in [2.05, 4.69) is 216 Å². The number of anilines is 2. The zero-order chi connectivity index (χ0) is 41.2. The summed E-state index contributed by atoms with van der Waals surface area (Å²) in [6.07, 6.45) is 22.7. The van der Waals surface area contributed by atoms with E-state index in [1.807, 2.05) is 0 Å². The molecule has 302 valence electrons. The van der Waals surface area contributed by atoms with Crippen molar-refractivity contribution in [1.29, 1.82) is 0 Å². The average molecular weight is 801 g/mol. The SMILES string of the molecule is C1=CC(C2=CC=C(C3CCCCC3)CC2)CC=C1N(c1ccc(-c2ccc(-c3ccccc3)cc2)cc1)c1ccc(-c2ccc3c(c2)c2ccccc2n3-c2ccccc2)cc1. The fourth-order valence-corrected chi connectivity index (χ4v) is 10.4. The first-order valence-corrected chi connectivity index (χ1v) is 22.8. The lowest BCUT2D eigenvalue weighted by molar-refractivity contribution is 0.393. The molecular weight excluding hydrogens is 749 g/mol. The Labute approximate surface area is 366 Å². The summed E-state index contributed by atoms with van der Waals surface area (Å²) in [5.74, 6) is 1.27. The number of hydrogen-bond donors (Lipinski definition) is 0. The lowest BCUT2D eigenvalue weighted by Gasteiger charge is -2.31. The minimum atomic E-state index is 0.455. The molecule has 2 nitrogen and oxygen atoms in total. The van der Waals surface area contributed by atoms with Gasteiger partial charge in [0.05, 0.1) is 11.0 Å². The van der Waals surface area contributed by atoms with Crippen molar-refractivity contribution in [3.8, 4) is 39.1 Å². The van der Waals surface area contributed by atoms with Gasteiger partial charge in [-0.05, 0) is 132 Å². The second-order valence-corrected chi connectivity index (χ2v) is 17.4. The van der Waals surface area contributed by atoms with Crippen LogP contribution in [-0.4, -0.2) is 4.57 Å². The molecule has 8 aromatic rings. The van der Waals surface area contributed by atoms with E-state index >= 15 is 0 Å². The fourth-order valence-electron chi connectivity index (χ4n) is 10.4. The highest BCUT2D eigenvalue weighted by Crippen LogP contribution is 2.41. The van der Waals surface area contributed by atoms with E-state index in [0.717, 1.165) is 23.7 Å². The Hall–Kier alpha value is -6.90. The molecule has 1 aromatic heterocycles. The summed E-state index contributed by atoms with van der Waals surface area (Å²) >= 11 is 0. The number of hydrogen-bond acceptors (Lipinski definition) is 1. The fraction of sp³-hybridized carbons (Fsp3) is 0.167. The molecule has 1 fully saturated rings. The van der Waals surface area contributed by atoms with Gasteiger partial charge in [0.25, 0.3) is 0 Å². The summed E-state index contributed by atoms with van der Waals surface area (Å²) in [5, 5.41) is 2.54. The van der Waals surface area contributed by atoms with Gasteiger partial charge in [-0.15, -0.1) is 0 Å². The van der Waals surface area contributed by atoms with Crippen molar-refractivity contribution < 1.29 is 0 Å². The lowest BCUT2D eigenvalue weighted by Crippen LogP contribution is -2.18. The Morgan fingerprint density at radius 1 is 0.452 bits per heavy atom. The minimum Gasteiger partial charge on any atom is -0.311 e. The van der Waals surface area contributed by atoms with Gasteiger partial charge in [0.1, 0.15) is 0 Å². The smallest absolute Gasteiger partial charge is 0.0541 e. The van der Waals surface area contributed by atoms with Crippen LogP contribution in [0.15, 0.2) is 223 Å². The predicted molar refractivity (Wildman–Crippen MR) is 263 cm³/mol. The molecule has 0 saturated heterocycles. The van der Waals surface area contributed by atoms with Crippen molar-refractivity contribution >= 4 is 33.2 Å². The van der Waals surface area contributed by atoms with Crippen LogP contribution in [0.2, 0.25) is 0 Å². The molecule has 1 atom stereocenters. The van der Waals surface area contributed by atoms with Gasteiger partial charge >= 0.3 is 0 Å². The molecule has 7 aromatic carbocycles. The van der Waals surface area contributed by atoms with Gasteiger partial charge in [-0.3, -0.25) is 0 Å². The third-order valence-electron chi connectivity index (χ3n) is 13.8. The molecule has 0 aliphatic heterocycles. The molecule has 1 heterocycles. The molecule has 0 N–H and O–H groups in total. The Morgan fingerprint density at radius 2 is 0.984 bits per heavy atom. The van der Waals surface area contributed by atoms with Crippen LogP contribution >= 0.6 is 0 Å². The van der Waals surface area contributed by atoms with Gasteiger partial charge in [0.2, 0.25) is 0 Å². The van der Waals surface area contributed by atoms with Crippen molar-refractivity contribution in [2.45, 2.75) is 51.4 Å². The first-order chi connectivity index (χ1) is 30.7. The number of rotatable bonds is 9. The van der Waals surface area contributed by atoms with Crippen LogP contribution in [0.1, 0.15) is 51.4 Å². The quantitative estimate of drug-likeness (QED) is 0.141. The third-order valence-corrected chi connectivity index (χ3v) is 13.8. The highest BCUT2D eigenvalue weighted by atomic mass is 15.1. The summed E-state index contributed by atoms with van der Waals surface area (Å²) in [4.78, 5) is 2.44. The first kappa shape index (κ1) is 38.1. The minimum absolute atomic E-state index is 0.455. The molecule has 0 radical (unpaired) electrons. The van der Waals surface area contributed by atoms with E-state index in [-0.39, 0.29) is 0 Å². The van der Waals surface area contributed by atoms with Crippen LogP contribution in [0, 0.1) is 11.8 Å². The Bertz CT molecular complexity index is 2970. The predicted octanol–water partition coefficient (Wildman–Crippen LogP) is 16.6. The van der Waals surface area contributed by atoms with Crippen LogP contribution in [0.25, 0.3) is 60.9 Å². The Balaban J connectivity index is 0.903. The average Bonchev–Trinajstić information content (AvgIpc) is 3.69. The van der Waals surface area contributed by atoms with E-state index in [4.69, 9.17) is 0 Å². The molecule has 1 unspecified atom stereocenters. The van der Waals surface area contributed by atoms with Gasteiger partial charge < -0.3 is 9.47 Å². The summed E-state index contributed by atoms with van der Waals surface area (Å²) in [7, 11) is 0. The molecule has 0 bridgehead atoms. The zero-order valence-electron chi connectivity index (χ0n) is 35.3. The number of para-hydroxylation sites is 2. The number of aromatic nitrogens is 1. The maximum Gasteiger partial charge on any atom is 0.0541 e. The number of nitrogens with zero attached hydrogens (tertiary/aromatic N) is 2. The standard InChI is InChI=1S/C60H52N2/c1-4-12-43(13-5-1)45-20-24-47(25-21-45)49-28-35-54(36-29-49)61(55-37-30-50(31-38-55)48-26-22-46(23-27-48)44-14-6-2-7-15-44)56-39-32-51(33-40-56)52-34-41-60-58(42-52)57-18-10-11-19-59(57)62(60)53-16-8-3-9-17-53/h1,3-5,8-13,16-22,24-26,28-30,32-42,44,50H,2,6-7,14-15,23,27,31H2. The van der Waals surface area contributed by atoms with Crippen molar-refractivity contribution in [1.82, 2.24) is 4.57 Å². The highest BCUT2D eigenvalue weighted by molar-refractivity contribution is 6.10. The van der Waals surface area contributed by atoms with Gasteiger partial charge in [0, 0.05) is 39.4 Å². The molecule has 0 spiro atoms. The molecule has 1 saturated carbocycles. The lowest BCUT2D eigenvalue weighted by atomic mass is 9.77. The summed E-state index contributed by atoms with van der Waals surface area (Å²) in [5.41, 5.74) is 17.8. The first-order valence-electron chi connectivity index (χ1n) is 22.8. The maximum absolute atomic E-state index is 2.49. The molecule has 11 rings (SSSR count). The van der Waals surface area contributed by atoms with Gasteiger partial charge in [0.15, 0.2) is 0 Å². The second-order valence-electron chi connectivity index (χ2n) is 17.4. The molecule has 3 aliphatic rings. The monoisotopic (exact) mass is 800 g/mol. The summed E-state index contributed by atoms with van der Waals surface area (Å²) in [6.45, 7) is 0. The van der Waals surface area contributed by atoms with Crippen LogP contribution in [0.5, 0.6) is 0 Å². The van der Waals surface area contributed by atoms with E-state index < -0.39 is 0 Å². The number of allylic oxidation sites excluding steroid dienone is 7. The normalized spacial score (nSPS) is 16.8. The van der Waals surface area contributed by atoms with Crippen LogP contribution in [0.3, 0.4) is 0 Å². The zero-order valence-corrected chi connectivity index (χ0v) is 35.3. The number of benzene rings is 7. The van der Waals surface area contributed by atoms with Gasteiger partial charge in [-0.25, -0.2) is 0 Å². The molecule has 62 heavy (non-hydrogen) atoms. The van der Waals surface area contributed by atoms with E-state index in [1.54, 1.807) is 11.1 Å². The van der Waals surface area contributed by atoms with E-state index in [9.17, 15) is 0 Å². The number of fused-ring (bicyclic) bond motifs is 3. The Kier molecular flexibility index (Phi) is 10.4.